The fraction of sp³-hybridized carbons (Fsp3) is 0.412. The molecule has 0 fully saturated rings. The zero-order valence-electron chi connectivity index (χ0n) is 13.5. The van der Waals surface area contributed by atoms with E-state index in [-0.39, 0.29) is 5.91 Å². The summed E-state index contributed by atoms with van der Waals surface area (Å²) in [5.41, 5.74) is 1.83. The largest absolute Gasteiger partial charge is 0.372 e. The molecule has 5 heteroatoms. The SMILES string of the molecule is CCCN(CC)c1ccc(C(=O)NCc2nccn2C)cc1. The summed E-state index contributed by atoms with van der Waals surface area (Å²) in [7, 11) is 1.91. The maximum absolute atomic E-state index is 12.2. The van der Waals surface area contributed by atoms with E-state index in [4.69, 9.17) is 0 Å². The third-order valence-electron chi connectivity index (χ3n) is 3.70. The van der Waals surface area contributed by atoms with Crippen LogP contribution < -0.4 is 10.2 Å². The van der Waals surface area contributed by atoms with Gasteiger partial charge in [-0.3, -0.25) is 4.79 Å². The number of aryl methyl sites for hydroxylation is 1. The highest BCUT2D eigenvalue weighted by Gasteiger charge is 2.08. The molecule has 0 aliphatic carbocycles. The summed E-state index contributed by atoms with van der Waals surface area (Å²) < 4.78 is 1.90. The summed E-state index contributed by atoms with van der Waals surface area (Å²) in [6.45, 7) is 6.74. The van der Waals surface area contributed by atoms with Crippen molar-refractivity contribution in [1.82, 2.24) is 14.9 Å². The van der Waals surface area contributed by atoms with Crippen molar-refractivity contribution in [2.75, 3.05) is 18.0 Å². The third-order valence-corrected chi connectivity index (χ3v) is 3.70. The maximum atomic E-state index is 12.2. The molecule has 1 heterocycles. The number of amides is 1. The Hall–Kier alpha value is -2.30. The van der Waals surface area contributed by atoms with E-state index in [1.165, 1.54) is 0 Å². The van der Waals surface area contributed by atoms with Gasteiger partial charge in [0.05, 0.1) is 6.54 Å². The standard InChI is InChI=1S/C17H24N4O/c1-4-11-21(5-2)15-8-6-14(7-9-15)17(22)19-13-16-18-10-12-20(16)3/h6-10,12H,4-5,11,13H2,1-3H3,(H,19,22). The van der Waals surface area contributed by atoms with Crippen molar-refractivity contribution in [2.45, 2.75) is 26.8 Å². The molecule has 1 aromatic carbocycles. The number of benzene rings is 1. The molecule has 118 valence electrons. The van der Waals surface area contributed by atoms with Crippen molar-refractivity contribution >= 4 is 11.6 Å². The summed E-state index contributed by atoms with van der Waals surface area (Å²) in [4.78, 5) is 18.7. The molecule has 1 N–H and O–H groups in total. The molecule has 5 nitrogen and oxygen atoms in total. The minimum atomic E-state index is -0.0758. The van der Waals surface area contributed by atoms with Crippen LogP contribution >= 0.6 is 0 Å². The van der Waals surface area contributed by atoms with Crippen molar-refractivity contribution in [3.8, 4) is 0 Å². The van der Waals surface area contributed by atoms with Crippen LogP contribution in [-0.2, 0) is 13.6 Å². The van der Waals surface area contributed by atoms with E-state index in [1.807, 2.05) is 42.1 Å². The van der Waals surface area contributed by atoms with Crippen LogP contribution in [-0.4, -0.2) is 28.5 Å². The minimum absolute atomic E-state index is 0.0758. The molecule has 1 aromatic heterocycles. The Balaban J connectivity index is 1.97. The van der Waals surface area contributed by atoms with Crippen LogP contribution in [0.1, 0.15) is 36.5 Å². The summed E-state index contributed by atoms with van der Waals surface area (Å²) in [5, 5.41) is 2.89. The predicted molar refractivity (Wildman–Crippen MR) is 89.0 cm³/mol. The Morgan fingerprint density at radius 3 is 2.55 bits per heavy atom. The van der Waals surface area contributed by atoms with Gasteiger partial charge in [-0.15, -0.1) is 0 Å². The first-order valence-corrected chi connectivity index (χ1v) is 7.75. The number of aromatic nitrogens is 2. The highest BCUT2D eigenvalue weighted by atomic mass is 16.1. The smallest absolute Gasteiger partial charge is 0.251 e. The molecule has 0 unspecified atom stereocenters. The highest BCUT2D eigenvalue weighted by molar-refractivity contribution is 5.94. The van der Waals surface area contributed by atoms with Gasteiger partial charge >= 0.3 is 0 Å². The lowest BCUT2D eigenvalue weighted by molar-refractivity contribution is 0.0949. The average molecular weight is 300 g/mol. The number of hydrogen-bond donors (Lipinski definition) is 1. The zero-order chi connectivity index (χ0) is 15.9. The van der Waals surface area contributed by atoms with Gasteiger partial charge in [0.15, 0.2) is 0 Å². The number of imidazole rings is 1. The average Bonchev–Trinajstić information content (AvgIpc) is 2.95. The first-order valence-electron chi connectivity index (χ1n) is 7.75. The molecule has 0 atom stereocenters. The van der Waals surface area contributed by atoms with Crippen molar-refractivity contribution in [2.24, 2.45) is 7.05 Å². The number of rotatable bonds is 7. The minimum Gasteiger partial charge on any atom is -0.372 e. The lowest BCUT2D eigenvalue weighted by Crippen LogP contribution is -2.25. The maximum Gasteiger partial charge on any atom is 0.251 e. The molecular formula is C17H24N4O. The van der Waals surface area contributed by atoms with Gasteiger partial charge in [0, 0.05) is 43.8 Å². The monoisotopic (exact) mass is 300 g/mol. The van der Waals surface area contributed by atoms with Gasteiger partial charge in [-0.05, 0) is 37.6 Å². The van der Waals surface area contributed by atoms with Crippen LogP contribution in [0.25, 0.3) is 0 Å². The van der Waals surface area contributed by atoms with Crippen molar-refractivity contribution in [3.63, 3.8) is 0 Å². The third kappa shape index (κ3) is 3.87. The number of anilines is 1. The Labute approximate surface area is 132 Å². The van der Waals surface area contributed by atoms with Crippen LogP contribution in [0.15, 0.2) is 36.7 Å². The molecule has 0 bridgehead atoms. The lowest BCUT2D eigenvalue weighted by Gasteiger charge is -2.22. The fourth-order valence-corrected chi connectivity index (χ4v) is 2.39. The summed E-state index contributed by atoms with van der Waals surface area (Å²) in [6, 6.07) is 7.77. The molecule has 2 rings (SSSR count). The van der Waals surface area contributed by atoms with Crippen LogP contribution in [0, 0.1) is 0 Å². The van der Waals surface area contributed by atoms with Gasteiger partial charge in [-0.25, -0.2) is 4.98 Å². The molecule has 0 saturated heterocycles. The Morgan fingerprint density at radius 2 is 2.00 bits per heavy atom. The summed E-state index contributed by atoms with van der Waals surface area (Å²) in [6.07, 6.45) is 4.70. The molecule has 2 aromatic rings. The van der Waals surface area contributed by atoms with Crippen molar-refractivity contribution < 1.29 is 4.79 Å². The molecule has 1 amide bonds. The van der Waals surface area contributed by atoms with E-state index in [0.29, 0.717) is 12.1 Å². The zero-order valence-corrected chi connectivity index (χ0v) is 13.5. The van der Waals surface area contributed by atoms with Crippen LogP contribution in [0.4, 0.5) is 5.69 Å². The first-order chi connectivity index (χ1) is 10.7. The number of carbonyl (C=O) groups is 1. The van der Waals surface area contributed by atoms with Gasteiger partial charge in [0.1, 0.15) is 5.82 Å². The number of nitrogens with zero attached hydrogens (tertiary/aromatic N) is 3. The highest BCUT2D eigenvalue weighted by Crippen LogP contribution is 2.15. The molecule has 22 heavy (non-hydrogen) atoms. The Bertz CT molecular complexity index is 603. The Kier molecular flexibility index (Phi) is 5.58. The van der Waals surface area contributed by atoms with E-state index >= 15 is 0 Å². The second-order valence-electron chi connectivity index (χ2n) is 5.26. The van der Waals surface area contributed by atoms with Crippen molar-refractivity contribution in [3.05, 3.63) is 48.0 Å². The van der Waals surface area contributed by atoms with Crippen LogP contribution in [0.2, 0.25) is 0 Å². The summed E-state index contributed by atoms with van der Waals surface area (Å²) >= 11 is 0. The molecule has 0 aliphatic rings. The number of nitrogens with one attached hydrogen (secondary N) is 1. The van der Waals surface area contributed by atoms with Crippen LogP contribution in [0.3, 0.4) is 0 Å². The van der Waals surface area contributed by atoms with E-state index in [1.54, 1.807) is 6.20 Å². The fourth-order valence-electron chi connectivity index (χ4n) is 2.39. The lowest BCUT2D eigenvalue weighted by atomic mass is 10.1. The van der Waals surface area contributed by atoms with E-state index in [0.717, 1.165) is 31.0 Å². The van der Waals surface area contributed by atoms with E-state index in [2.05, 4.69) is 29.0 Å². The summed E-state index contributed by atoms with van der Waals surface area (Å²) in [5.74, 6) is 0.762. The topological polar surface area (TPSA) is 50.2 Å². The van der Waals surface area contributed by atoms with Gasteiger partial charge in [0.25, 0.3) is 5.91 Å². The predicted octanol–water partition coefficient (Wildman–Crippen LogP) is 2.59. The Morgan fingerprint density at radius 1 is 1.27 bits per heavy atom. The van der Waals surface area contributed by atoms with E-state index in [9.17, 15) is 4.79 Å². The van der Waals surface area contributed by atoms with Gasteiger partial charge in [-0.1, -0.05) is 6.92 Å². The molecule has 0 saturated carbocycles. The molecular weight excluding hydrogens is 276 g/mol. The van der Waals surface area contributed by atoms with Gasteiger partial charge in [-0.2, -0.15) is 0 Å². The molecule has 0 spiro atoms. The quantitative estimate of drug-likeness (QED) is 0.855. The van der Waals surface area contributed by atoms with Gasteiger partial charge < -0.3 is 14.8 Å². The van der Waals surface area contributed by atoms with Gasteiger partial charge in [0.2, 0.25) is 0 Å². The van der Waals surface area contributed by atoms with E-state index < -0.39 is 0 Å². The first kappa shape index (κ1) is 16.1. The molecule has 0 radical (unpaired) electrons. The van der Waals surface area contributed by atoms with Crippen LogP contribution in [0.5, 0.6) is 0 Å². The normalized spacial score (nSPS) is 10.5. The van der Waals surface area contributed by atoms with Crippen molar-refractivity contribution in [1.29, 1.82) is 0 Å². The number of carbonyl (C=O) groups excluding carboxylic acids is 1. The number of hydrogen-bond acceptors (Lipinski definition) is 3. The molecule has 0 aliphatic heterocycles. The second-order valence-corrected chi connectivity index (χ2v) is 5.26. The second kappa shape index (κ2) is 7.64.